The van der Waals surface area contributed by atoms with Crippen LogP contribution in [0.25, 0.3) is 0 Å². The van der Waals surface area contributed by atoms with Crippen molar-refractivity contribution in [3.63, 3.8) is 0 Å². The van der Waals surface area contributed by atoms with Crippen LogP contribution in [-0.2, 0) is 11.2 Å². The van der Waals surface area contributed by atoms with Crippen molar-refractivity contribution in [1.82, 2.24) is 4.98 Å². The molecule has 0 saturated heterocycles. The van der Waals surface area contributed by atoms with Gasteiger partial charge in [-0.1, -0.05) is 43.7 Å². The van der Waals surface area contributed by atoms with Gasteiger partial charge in [0.1, 0.15) is 5.82 Å². The second kappa shape index (κ2) is 8.17. The Labute approximate surface area is 132 Å². The quantitative estimate of drug-likeness (QED) is 0.850. The smallest absolute Gasteiger partial charge is 0.228 e. The minimum atomic E-state index is -0.0277. The molecular formula is C18H23N3O. The second-order valence-corrected chi connectivity index (χ2v) is 5.39. The van der Waals surface area contributed by atoms with Gasteiger partial charge in [-0.2, -0.15) is 0 Å². The maximum absolute atomic E-state index is 12.0. The third-order valence-corrected chi connectivity index (χ3v) is 3.48. The number of anilines is 2. The number of unbranched alkanes of at least 4 members (excludes halogenated alkanes) is 1. The van der Waals surface area contributed by atoms with Gasteiger partial charge in [-0.3, -0.25) is 4.79 Å². The van der Waals surface area contributed by atoms with Crippen molar-refractivity contribution in [2.75, 3.05) is 23.8 Å². The molecule has 0 atom stereocenters. The Morgan fingerprint density at radius 1 is 1.18 bits per heavy atom. The molecule has 0 aliphatic carbocycles. The third-order valence-electron chi connectivity index (χ3n) is 3.48. The van der Waals surface area contributed by atoms with E-state index in [1.54, 1.807) is 6.20 Å². The topological polar surface area (TPSA) is 45.2 Å². The molecule has 0 fully saturated rings. The molecule has 0 saturated carbocycles. The number of carbonyl (C=O) groups excluding carboxylic acids is 1. The highest BCUT2D eigenvalue weighted by Crippen LogP contribution is 2.14. The van der Waals surface area contributed by atoms with Crippen LogP contribution in [0.4, 0.5) is 11.5 Å². The van der Waals surface area contributed by atoms with Crippen molar-refractivity contribution in [2.45, 2.75) is 26.2 Å². The molecule has 0 unspecified atom stereocenters. The van der Waals surface area contributed by atoms with E-state index in [4.69, 9.17) is 0 Å². The predicted molar refractivity (Wildman–Crippen MR) is 91.2 cm³/mol. The lowest BCUT2D eigenvalue weighted by molar-refractivity contribution is -0.115. The summed E-state index contributed by atoms with van der Waals surface area (Å²) < 4.78 is 0. The van der Waals surface area contributed by atoms with Gasteiger partial charge in [-0.05, 0) is 24.1 Å². The molecule has 1 amide bonds. The number of benzene rings is 1. The third kappa shape index (κ3) is 4.88. The van der Waals surface area contributed by atoms with Gasteiger partial charge in [0.15, 0.2) is 0 Å². The molecule has 116 valence electrons. The van der Waals surface area contributed by atoms with Gasteiger partial charge in [0, 0.05) is 13.6 Å². The fraction of sp³-hybridized carbons (Fsp3) is 0.333. The van der Waals surface area contributed by atoms with Crippen LogP contribution >= 0.6 is 0 Å². The van der Waals surface area contributed by atoms with E-state index in [1.165, 1.54) is 0 Å². The van der Waals surface area contributed by atoms with Crippen LogP contribution in [0.2, 0.25) is 0 Å². The van der Waals surface area contributed by atoms with E-state index in [9.17, 15) is 4.79 Å². The molecule has 2 aromatic rings. The Kier molecular flexibility index (Phi) is 5.95. The highest BCUT2D eigenvalue weighted by molar-refractivity contribution is 5.92. The van der Waals surface area contributed by atoms with Gasteiger partial charge in [0.2, 0.25) is 5.91 Å². The van der Waals surface area contributed by atoms with Gasteiger partial charge >= 0.3 is 0 Å². The summed E-state index contributed by atoms with van der Waals surface area (Å²) in [4.78, 5) is 18.5. The van der Waals surface area contributed by atoms with Crippen molar-refractivity contribution in [3.05, 3.63) is 54.2 Å². The van der Waals surface area contributed by atoms with E-state index < -0.39 is 0 Å². The lowest BCUT2D eigenvalue weighted by Gasteiger charge is -2.17. The molecule has 1 heterocycles. The molecule has 22 heavy (non-hydrogen) atoms. The summed E-state index contributed by atoms with van der Waals surface area (Å²) >= 11 is 0. The van der Waals surface area contributed by atoms with E-state index >= 15 is 0 Å². The Morgan fingerprint density at radius 2 is 1.95 bits per heavy atom. The molecule has 0 aliphatic rings. The molecule has 1 N–H and O–H groups in total. The summed E-state index contributed by atoms with van der Waals surface area (Å²) in [6.07, 6.45) is 4.39. The molecule has 4 nitrogen and oxygen atoms in total. The lowest BCUT2D eigenvalue weighted by Crippen LogP contribution is -2.19. The molecule has 1 aromatic carbocycles. The van der Waals surface area contributed by atoms with Crippen LogP contribution in [0.3, 0.4) is 0 Å². The van der Waals surface area contributed by atoms with Gasteiger partial charge in [0.25, 0.3) is 0 Å². The molecule has 0 spiro atoms. The molecule has 4 heteroatoms. The number of hydrogen-bond donors (Lipinski definition) is 1. The SMILES string of the molecule is CCCCN(C)c1ccc(NC(=O)Cc2ccccc2)cn1. The summed E-state index contributed by atoms with van der Waals surface area (Å²) in [6, 6.07) is 13.5. The van der Waals surface area contributed by atoms with Crippen LogP contribution in [0.15, 0.2) is 48.7 Å². The first-order valence-electron chi connectivity index (χ1n) is 7.70. The van der Waals surface area contributed by atoms with Crippen molar-refractivity contribution >= 4 is 17.4 Å². The minimum Gasteiger partial charge on any atom is -0.360 e. The Bertz CT molecular complexity index is 581. The summed E-state index contributed by atoms with van der Waals surface area (Å²) in [5.41, 5.74) is 1.73. The van der Waals surface area contributed by atoms with E-state index in [-0.39, 0.29) is 5.91 Å². The molecular weight excluding hydrogens is 274 g/mol. The summed E-state index contributed by atoms with van der Waals surface area (Å²) in [6.45, 7) is 3.16. The zero-order chi connectivity index (χ0) is 15.8. The minimum absolute atomic E-state index is 0.0277. The normalized spacial score (nSPS) is 10.3. The number of pyridine rings is 1. The van der Waals surface area contributed by atoms with Crippen molar-refractivity contribution < 1.29 is 4.79 Å². The highest BCUT2D eigenvalue weighted by atomic mass is 16.1. The molecule has 0 bridgehead atoms. The van der Waals surface area contributed by atoms with Crippen LogP contribution in [0.5, 0.6) is 0 Å². The summed E-state index contributed by atoms with van der Waals surface area (Å²) in [5, 5.41) is 2.88. The standard InChI is InChI=1S/C18H23N3O/c1-3-4-12-21(2)17-11-10-16(14-19-17)20-18(22)13-15-8-6-5-7-9-15/h5-11,14H,3-4,12-13H2,1-2H3,(H,20,22). The fourth-order valence-corrected chi connectivity index (χ4v) is 2.18. The number of aromatic nitrogens is 1. The Balaban J connectivity index is 1.89. The first-order valence-corrected chi connectivity index (χ1v) is 7.70. The molecule has 0 radical (unpaired) electrons. The number of hydrogen-bond acceptors (Lipinski definition) is 3. The van der Waals surface area contributed by atoms with Crippen molar-refractivity contribution in [2.24, 2.45) is 0 Å². The average Bonchev–Trinajstić information content (AvgIpc) is 2.54. The predicted octanol–water partition coefficient (Wildman–Crippen LogP) is 3.50. The van der Waals surface area contributed by atoms with Gasteiger partial charge < -0.3 is 10.2 Å². The lowest BCUT2D eigenvalue weighted by atomic mass is 10.1. The monoisotopic (exact) mass is 297 g/mol. The van der Waals surface area contributed by atoms with Crippen LogP contribution in [0, 0.1) is 0 Å². The van der Waals surface area contributed by atoms with Crippen LogP contribution in [0.1, 0.15) is 25.3 Å². The zero-order valence-electron chi connectivity index (χ0n) is 13.2. The maximum atomic E-state index is 12.0. The maximum Gasteiger partial charge on any atom is 0.228 e. The Morgan fingerprint density at radius 3 is 2.59 bits per heavy atom. The zero-order valence-corrected chi connectivity index (χ0v) is 13.2. The summed E-state index contributed by atoms with van der Waals surface area (Å²) in [7, 11) is 2.03. The Hall–Kier alpha value is -2.36. The van der Waals surface area contributed by atoms with Crippen molar-refractivity contribution in [1.29, 1.82) is 0 Å². The molecule has 1 aromatic heterocycles. The average molecular weight is 297 g/mol. The van der Waals surface area contributed by atoms with Crippen LogP contribution < -0.4 is 10.2 Å². The number of nitrogens with one attached hydrogen (secondary N) is 1. The van der Waals surface area contributed by atoms with E-state index in [1.807, 2.05) is 49.5 Å². The van der Waals surface area contributed by atoms with Crippen molar-refractivity contribution in [3.8, 4) is 0 Å². The summed E-state index contributed by atoms with van der Waals surface area (Å²) in [5.74, 6) is 0.898. The number of rotatable bonds is 7. The molecule has 0 aliphatic heterocycles. The number of amides is 1. The van der Waals surface area contributed by atoms with E-state index in [0.717, 1.165) is 36.5 Å². The second-order valence-electron chi connectivity index (χ2n) is 5.39. The fourth-order valence-electron chi connectivity index (χ4n) is 2.18. The van der Waals surface area contributed by atoms with E-state index in [0.29, 0.717) is 6.42 Å². The van der Waals surface area contributed by atoms with Crippen LogP contribution in [-0.4, -0.2) is 24.5 Å². The number of carbonyl (C=O) groups is 1. The molecule has 2 rings (SSSR count). The largest absolute Gasteiger partial charge is 0.360 e. The first kappa shape index (κ1) is 16.0. The first-order chi connectivity index (χ1) is 10.7. The van der Waals surface area contributed by atoms with E-state index in [2.05, 4.69) is 22.1 Å². The number of nitrogens with zero attached hydrogens (tertiary/aromatic N) is 2. The van der Waals surface area contributed by atoms with Gasteiger partial charge in [-0.15, -0.1) is 0 Å². The van der Waals surface area contributed by atoms with Gasteiger partial charge in [0.05, 0.1) is 18.3 Å². The van der Waals surface area contributed by atoms with Gasteiger partial charge in [-0.25, -0.2) is 4.98 Å². The highest BCUT2D eigenvalue weighted by Gasteiger charge is 2.06.